The molecule has 0 bridgehead atoms. The molecule has 1 heterocycles. The molecule has 136 valence electrons. The first-order valence-electron chi connectivity index (χ1n) is 7.85. The normalized spacial score (nSPS) is 16.4. The van der Waals surface area contributed by atoms with Crippen molar-refractivity contribution < 1.29 is 14.3 Å². The van der Waals surface area contributed by atoms with Crippen molar-refractivity contribution in [1.29, 1.82) is 0 Å². The number of hydrogen-bond acceptors (Lipinski definition) is 4. The van der Waals surface area contributed by atoms with E-state index in [4.69, 9.17) is 27.9 Å². The number of thioether (sulfide) groups is 1. The zero-order valence-electron chi connectivity index (χ0n) is 13.7. The molecule has 0 unspecified atom stereocenters. The topological polar surface area (TPSA) is 58.6 Å². The smallest absolute Gasteiger partial charge is 0.411 e. The number of benzene rings is 2. The maximum Gasteiger partial charge on any atom is 0.411 e. The van der Waals surface area contributed by atoms with E-state index >= 15 is 0 Å². The molecule has 0 aromatic heterocycles. The van der Waals surface area contributed by atoms with Crippen LogP contribution in [0.15, 0.2) is 48.5 Å². The predicted octanol–water partition coefficient (Wildman–Crippen LogP) is 4.64. The van der Waals surface area contributed by atoms with Crippen LogP contribution in [-0.2, 0) is 16.1 Å². The summed E-state index contributed by atoms with van der Waals surface area (Å²) >= 11 is 13.4. The van der Waals surface area contributed by atoms with Gasteiger partial charge in [0.1, 0.15) is 12.6 Å². The lowest BCUT2D eigenvalue weighted by Crippen LogP contribution is -2.44. The summed E-state index contributed by atoms with van der Waals surface area (Å²) in [5.41, 5.74) is 1.34. The Balaban J connectivity index is 1.61. The van der Waals surface area contributed by atoms with Crippen LogP contribution in [0.4, 0.5) is 10.5 Å². The lowest BCUT2D eigenvalue weighted by molar-refractivity contribution is -0.119. The van der Waals surface area contributed by atoms with Crippen molar-refractivity contribution in [2.45, 2.75) is 12.6 Å². The molecule has 1 N–H and O–H groups in total. The molecule has 26 heavy (non-hydrogen) atoms. The fraction of sp³-hybridized carbons (Fsp3) is 0.222. The zero-order chi connectivity index (χ0) is 18.5. The van der Waals surface area contributed by atoms with E-state index in [1.165, 1.54) is 16.7 Å². The van der Waals surface area contributed by atoms with Crippen LogP contribution in [0.2, 0.25) is 10.0 Å². The van der Waals surface area contributed by atoms with Crippen molar-refractivity contribution in [2.75, 3.05) is 16.9 Å². The molecule has 1 aliphatic heterocycles. The second-order valence-electron chi connectivity index (χ2n) is 5.64. The second kappa shape index (κ2) is 8.66. The van der Waals surface area contributed by atoms with Crippen LogP contribution in [-0.4, -0.2) is 34.6 Å². The second-order valence-corrected chi connectivity index (χ2v) is 7.48. The van der Waals surface area contributed by atoms with Crippen LogP contribution >= 0.6 is 35.0 Å². The number of carbonyl (C=O) groups excluding carboxylic acids is 2. The molecule has 1 aliphatic rings. The molecule has 0 aliphatic carbocycles. The summed E-state index contributed by atoms with van der Waals surface area (Å²) in [4.78, 5) is 26.4. The van der Waals surface area contributed by atoms with Crippen LogP contribution in [0.5, 0.6) is 0 Å². The molecular weight excluding hydrogens is 395 g/mol. The number of halogens is 2. The highest BCUT2D eigenvalue weighted by atomic mass is 35.5. The zero-order valence-corrected chi connectivity index (χ0v) is 16.0. The van der Waals surface area contributed by atoms with Crippen molar-refractivity contribution >= 4 is 52.7 Å². The molecule has 2 amide bonds. The van der Waals surface area contributed by atoms with E-state index in [-0.39, 0.29) is 12.5 Å². The average molecular weight is 411 g/mol. The Bertz CT molecular complexity index is 804. The number of anilines is 1. The highest BCUT2D eigenvalue weighted by Gasteiger charge is 2.36. The monoisotopic (exact) mass is 410 g/mol. The van der Waals surface area contributed by atoms with Crippen LogP contribution in [0.3, 0.4) is 0 Å². The lowest BCUT2D eigenvalue weighted by atomic mass is 10.2. The van der Waals surface area contributed by atoms with E-state index in [1.807, 2.05) is 30.3 Å². The van der Waals surface area contributed by atoms with E-state index in [1.54, 1.807) is 18.2 Å². The molecule has 2 aromatic rings. The molecular formula is C18H16Cl2N2O3S. The van der Waals surface area contributed by atoms with Crippen LogP contribution in [0, 0.1) is 0 Å². The fourth-order valence-corrected chi connectivity index (χ4v) is 4.05. The van der Waals surface area contributed by atoms with Crippen molar-refractivity contribution in [1.82, 2.24) is 4.90 Å². The molecule has 8 heteroatoms. The minimum atomic E-state index is -0.616. The first-order valence-corrected chi connectivity index (χ1v) is 9.76. The van der Waals surface area contributed by atoms with Gasteiger partial charge in [0.05, 0.1) is 16.6 Å². The summed E-state index contributed by atoms with van der Waals surface area (Å²) in [5.74, 6) is 0.591. The third-order valence-electron chi connectivity index (χ3n) is 3.81. The third-order valence-corrected chi connectivity index (χ3v) is 5.37. The Labute approximate surface area is 165 Å². The number of amides is 2. The Morgan fingerprint density at radius 1 is 1.19 bits per heavy atom. The van der Waals surface area contributed by atoms with Gasteiger partial charge in [0.25, 0.3) is 0 Å². The van der Waals surface area contributed by atoms with Gasteiger partial charge in [0.15, 0.2) is 0 Å². The van der Waals surface area contributed by atoms with Crippen LogP contribution in [0.1, 0.15) is 5.56 Å². The number of rotatable bonds is 4. The van der Waals surface area contributed by atoms with Gasteiger partial charge in [-0.05, 0) is 23.8 Å². The third kappa shape index (κ3) is 4.63. The van der Waals surface area contributed by atoms with Gasteiger partial charge in [-0.3, -0.25) is 9.69 Å². The molecule has 1 atom stereocenters. The lowest BCUT2D eigenvalue weighted by Gasteiger charge is -2.22. The maximum absolute atomic E-state index is 12.6. The Hall–Kier alpha value is -1.89. The van der Waals surface area contributed by atoms with Crippen molar-refractivity contribution in [3.05, 3.63) is 64.1 Å². The quantitative estimate of drug-likeness (QED) is 0.796. The Morgan fingerprint density at radius 3 is 2.69 bits per heavy atom. The number of hydrogen-bond donors (Lipinski definition) is 1. The van der Waals surface area contributed by atoms with Crippen molar-refractivity contribution in [3.8, 4) is 0 Å². The average Bonchev–Trinajstić information content (AvgIpc) is 3.13. The van der Waals surface area contributed by atoms with Gasteiger partial charge in [-0.2, -0.15) is 0 Å². The molecule has 0 radical (unpaired) electrons. The predicted molar refractivity (Wildman–Crippen MR) is 105 cm³/mol. The van der Waals surface area contributed by atoms with Crippen molar-refractivity contribution in [3.63, 3.8) is 0 Å². The first-order chi connectivity index (χ1) is 12.5. The molecule has 0 spiro atoms. The van der Waals surface area contributed by atoms with Gasteiger partial charge in [-0.25, -0.2) is 4.79 Å². The summed E-state index contributed by atoms with van der Waals surface area (Å²) in [7, 11) is 0. The summed E-state index contributed by atoms with van der Waals surface area (Å²) in [6.07, 6.45) is -0.513. The molecule has 1 fully saturated rings. The van der Waals surface area contributed by atoms with Gasteiger partial charge >= 0.3 is 6.09 Å². The Kier molecular flexibility index (Phi) is 6.29. The van der Waals surface area contributed by atoms with Gasteiger partial charge in [0, 0.05) is 10.8 Å². The molecule has 3 rings (SSSR count). The Morgan fingerprint density at radius 2 is 1.96 bits per heavy atom. The molecule has 1 saturated heterocycles. The fourth-order valence-electron chi connectivity index (χ4n) is 2.45. The van der Waals surface area contributed by atoms with Gasteiger partial charge < -0.3 is 10.1 Å². The number of nitrogens with one attached hydrogen (secondary N) is 1. The highest BCUT2D eigenvalue weighted by molar-refractivity contribution is 7.99. The molecule has 5 nitrogen and oxygen atoms in total. The van der Waals surface area contributed by atoms with Crippen LogP contribution in [0.25, 0.3) is 0 Å². The van der Waals surface area contributed by atoms with Crippen molar-refractivity contribution in [2.24, 2.45) is 0 Å². The summed E-state index contributed by atoms with van der Waals surface area (Å²) < 4.78 is 5.33. The van der Waals surface area contributed by atoms with E-state index in [0.717, 1.165) is 5.56 Å². The first kappa shape index (κ1) is 18.9. The van der Waals surface area contributed by atoms with Gasteiger partial charge in [0.2, 0.25) is 5.91 Å². The minimum Gasteiger partial charge on any atom is -0.445 e. The van der Waals surface area contributed by atoms with E-state index in [2.05, 4.69) is 5.32 Å². The van der Waals surface area contributed by atoms with E-state index < -0.39 is 12.1 Å². The number of carbonyl (C=O) groups is 2. The van der Waals surface area contributed by atoms with Crippen LogP contribution < -0.4 is 5.32 Å². The van der Waals surface area contributed by atoms with E-state index in [0.29, 0.717) is 27.4 Å². The highest BCUT2D eigenvalue weighted by Crippen LogP contribution is 2.28. The molecule has 2 aromatic carbocycles. The van der Waals surface area contributed by atoms with Gasteiger partial charge in [-0.1, -0.05) is 53.5 Å². The van der Waals surface area contributed by atoms with E-state index in [9.17, 15) is 9.59 Å². The SMILES string of the molecule is O=C(Nc1ccc(Cl)cc1Cl)[C@H]1CSCN1C(=O)OCc1ccccc1. The number of ether oxygens (including phenoxy) is 1. The largest absolute Gasteiger partial charge is 0.445 e. The summed E-state index contributed by atoms with van der Waals surface area (Å²) in [5, 5.41) is 3.57. The maximum atomic E-state index is 12.6. The summed E-state index contributed by atoms with van der Waals surface area (Å²) in [6, 6.07) is 13.6. The number of nitrogens with zero attached hydrogens (tertiary/aromatic N) is 1. The minimum absolute atomic E-state index is 0.165. The standard InChI is InChI=1S/C18H16Cl2N2O3S/c19-13-6-7-15(14(20)8-13)21-17(23)16-10-26-11-22(16)18(24)25-9-12-4-2-1-3-5-12/h1-8,16H,9-11H2,(H,21,23)/t16-/m1/s1. The summed E-state index contributed by atoms with van der Waals surface area (Å²) in [6.45, 7) is 0.165. The van der Waals surface area contributed by atoms with Gasteiger partial charge in [-0.15, -0.1) is 11.8 Å². The molecule has 0 saturated carbocycles.